The smallest absolute Gasteiger partial charge is 0.326 e. The van der Waals surface area contributed by atoms with Gasteiger partial charge >= 0.3 is 5.97 Å². The molecule has 1 aliphatic rings. The van der Waals surface area contributed by atoms with Crippen LogP contribution in [0.2, 0.25) is 10.0 Å². The SMILES string of the molecule is CCOC(=O)Cn1c(=NC(=O)c2ccc(S(=O)(=O)N3CC(C)OC(C)C3)cc2)sc2cc(Cl)cc(Cl)c21. The number of aromatic nitrogens is 1. The average molecular weight is 587 g/mol. The molecular weight excluding hydrogens is 561 g/mol. The van der Waals surface area contributed by atoms with E-state index in [0.29, 0.717) is 20.3 Å². The second-order valence-electron chi connectivity index (χ2n) is 8.53. The third-order valence-electron chi connectivity index (χ3n) is 5.61. The van der Waals surface area contributed by atoms with E-state index in [-0.39, 0.29) is 53.7 Å². The average Bonchev–Trinajstić information content (AvgIpc) is 3.15. The molecule has 2 atom stereocenters. The molecule has 37 heavy (non-hydrogen) atoms. The summed E-state index contributed by atoms with van der Waals surface area (Å²) < 4.78 is 40.4. The molecule has 1 amide bonds. The first kappa shape index (κ1) is 27.7. The number of ether oxygens (including phenoxy) is 2. The van der Waals surface area contributed by atoms with Gasteiger partial charge in [0, 0.05) is 23.7 Å². The Labute approximate surface area is 228 Å². The van der Waals surface area contributed by atoms with Gasteiger partial charge in [0.25, 0.3) is 5.91 Å². The van der Waals surface area contributed by atoms with Gasteiger partial charge < -0.3 is 14.0 Å². The molecule has 3 aromatic rings. The normalized spacial score (nSPS) is 19.3. The Bertz CT molecular complexity index is 1510. The van der Waals surface area contributed by atoms with Gasteiger partial charge in [-0.15, -0.1) is 0 Å². The van der Waals surface area contributed by atoms with E-state index in [2.05, 4.69) is 4.99 Å². The van der Waals surface area contributed by atoms with E-state index >= 15 is 0 Å². The number of rotatable bonds is 6. The molecule has 0 N–H and O–H groups in total. The zero-order chi connectivity index (χ0) is 26.9. The second kappa shape index (κ2) is 11.2. The number of halogens is 2. The van der Waals surface area contributed by atoms with E-state index in [9.17, 15) is 18.0 Å². The van der Waals surface area contributed by atoms with E-state index in [4.69, 9.17) is 32.7 Å². The van der Waals surface area contributed by atoms with Crippen molar-refractivity contribution < 1.29 is 27.5 Å². The molecule has 0 saturated carbocycles. The lowest BCUT2D eigenvalue weighted by Crippen LogP contribution is -2.48. The minimum absolute atomic E-state index is 0.0750. The number of thiazole rings is 1. The summed E-state index contributed by atoms with van der Waals surface area (Å²) >= 11 is 13.7. The number of nitrogens with zero attached hydrogens (tertiary/aromatic N) is 3. The van der Waals surface area contributed by atoms with Crippen molar-refractivity contribution in [2.24, 2.45) is 4.99 Å². The third-order valence-corrected chi connectivity index (χ3v) is 8.99. The zero-order valence-corrected chi connectivity index (χ0v) is 23.5. The van der Waals surface area contributed by atoms with Crippen LogP contribution in [0.5, 0.6) is 0 Å². The van der Waals surface area contributed by atoms with Crippen molar-refractivity contribution in [1.82, 2.24) is 8.87 Å². The molecule has 0 radical (unpaired) electrons. The number of fused-ring (bicyclic) bond motifs is 1. The minimum atomic E-state index is -3.75. The molecule has 1 saturated heterocycles. The number of hydrogen-bond acceptors (Lipinski definition) is 7. The summed E-state index contributed by atoms with van der Waals surface area (Å²) in [5.41, 5.74) is 0.693. The van der Waals surface area contributed by atoms with Gasteiger partial charge in [0.15, 0.2) is 4.80 Å². The first-order chi connectivity index (χ1) is 17.5. The van der Waals surface area contributed by atoms with Crippen LogP contribution >= 0.6 is 34.5 Å². The molecule has 2 unspecified atom stereocenters. The van der Waals surface area contributed by atoms with E-state index in [1.807, 2.05) is 13.8 Å². The number of carbonyl (C=O) groups is 2. The highest BCUT2D eigenvalue weighted by Gasteiger charge is 2.32. The van der Waals surface area contributed by atoms with Crippen LogP contribution in [0.3, 0.4) is 0 Å². The van der Waals surface area contributed by atoms with Crippen molar-refractivity contribution in [1.29, 1.82) is 0 Å². The molecule has 13 heteroatoms. The zero-order valence-electron chi connectivity index (χ0n) is 20.3. The fraction of sp³-hybridized carbons (Fsp3) is 0.375. The monoisotopic (exact) mass is 585 g/mol. The Morgan fingerprint density at radius 2 is 1.78 bits per heavy atom. The van der Waals surface area contributed by atoms with Crippen molar-refractivity contribution >= 4 is 66.7 Å². The van der Waals surface area contributed by atoms with Crippen LogP contribution in [0.25, 0.3) is 10.2 Å². The summed E-state index contributed by atoms with van der Waals surface area (Å²) in [5, 5.41) is 0.707. The molecule has 0 spiro atoms. The van der Waals surface area contributed by atoms with Crippen molar-refractivity contribution in [2.75, 3.05) is 19.7 Å². The van der Waals surface area contributed by atoms with Gasteiger partial charge in [-0.2, -0.15) is 9.30 Å². The van der Waals surface area contributed by atoms with Crippen molar-refractivity contribution in [2.45, 2.75) is 44.4 Å². The van der Waals surface area contributed by atoms with Gasteiger partial charge in [0.1, 0.15) is 6.54 Å². The topological polar surface area (TPSA) is 107 Å². The molecule has 1 aromatic heterocycles. The number of carbonyl (C=O) groups excluding carboxylic acids is 2. The number of morpholine rings is 1. The summed E-state index contributed by atoms with van der Waals surface area (Å²) in [6, 6.07) is 8.82. The molecular formula is C24H25Cl2N3O6S2. The molecule has 9 nitrogen and oxygen atoms in total. The van der Waals surface area contributed by atoms with Crippen LogP contribution in [0.4, 0.5) is 0 Å². The Balaban J connectivity index is 1.67. The van der Waals surface area contributed by atoms with Gasteiger partial charge in [-0.3, -0.25) is 9.59 Å². The number of sulfonamides is 1. The number of amides is 1. The maximum Gasteiger partial charge on any atom is 0.326 e. The Morgan fingerprint density at radius 1 is 1.14 bits per heavy atom. The first-order valence-corrected chi connectivity index (χ1v) is 14.5. The predicted octanol–water partition coefficient (Wildman–Crippen LogP) is 4.11. The van der Waals surface area contributed by atoms with E-state index in [1.165, 1.54) is 33.1 Å². The van der Waals surface area contributed by atoms with E-state index in [0.717, 1.165) is 11.3 Å². The van der Waals surface area contributed by atoms with Gasteiger partial charge in [-0.25, -0.2) is 8.42 Å². The fourth-order valence-electron chi connectivity index (χ4n) is 4.09. The van der Waals surface area contributed by atoms with Gasteiger partial charge in [-0.05, 0) is 57.2 Å². The number of esters is 1. The molecule has 2 aromatic carbocycles. The number of hydrogen-bond donors (Lipinski definition) is 0. The lowest BCUT2D eigenvalue weighted by Gasteiger charge is -2.34. The molecule has 198 valence electrons. The molecule has 4 rings (SSSR count). The summed E-state index contributed by atoms with van der Waals surface area (Å²) in [5.74, 6) is -1.12. The molecule has 0 bridgehead atoms. The Morgan fingerprint density at radius 3 is 2.41 bits per heavy atom. The lowest BCUT2D eigenvalue weighted by molar-refractivity contribution is -0.143. The van der Waals surface area contributed by atoms with Crippen LogP contribution in [-0.2, 0) is 30.8 Å². The van der Waals surface area contributed by atoms with Gasteiger partial charge in [0.05, 0.1) is 38.9 Å². The van der Waals surface area contributed by atoms with E-state index in [1.54, 1.807) is 19.1 Å². The van der Waals surface area contributed by atoms with Crippen LogP contribution in [0.1, 0.15) is 31.1 Å². The molecule has 1 fully saturated rings. The summed E-state index contributed by atoms with van der Waals surface area (Å²) in [6.07, 6.45) is -0.437. The van der Waals surface area contributed by atoms with Crippen molar-refractivity contribution in [3.05, 3.63) is 56.8 Å². The quantitative estimate of drug-likeness (QED) is 0.403. The van der Waals surface area contributed by atoms with Crippen LogP contribution < -0.4 is 4.80 Å². The van der Waals surface area contributed by atoms with Gasteiger partial charge in [-0.1, -0.05) is 34.5 Å². The molecule has 2 heterocycles. The highest BCUT2D eigenvalue weighted by molar-refractivity contribution is 7.89. The summed E-state index contributed by atoms with van der Waals surface area (Å²) in [7, 11) is -3.75. The largest absolute Gasteiger partial charge is 0.465 e. The Kier molecular flexibility index (Phi) is 8.41. The minimum Gasteiger partial charge on any atom is -0.465 e. The van der Waals surface area contributed by atoms with Gasteiger partial charge in [0.2, 0.25) is 10.0 Å². The third kappa shape index (κ3) is 6.08. The predicted molar refractivity (Wildman–Crippen MR) is 142 cm³/mol. The van der Waals surface area contributed by atoms with Crippen LogP contribution in [0.15, 0.2) is 46.3 Å². The highest BCUT2D eigenvalue weighted by atomic mass is 35.5. The Hall–Kier alpha value is -2.28. The fourth-order valence-corrected chi connectivity index (χ4v) is 7.49. The number of benzene rings is 2. The molecule has 0 aliphatic carbocycles. The van der Waals surface area contributed by atoms with Crippen LogP contribution in [-0.4, -0.2) is 61.1 Å². The highest BCUT2D eigenvalue weighted by Crippen LogP contribution is 2.30. The maximum absolute atomic E-state index is 13.1. The lowest BCUT2D eigenvalue weighted by atomic mass is 10.2. The maximum atomic E-state index is 13.1. The standard InChI is InChI=1S/C24H25Cl2N3O6S2/c1-4-34-21(30)13-29-22-19(26)9-17(25)10-20(22)36-24(29)27-23(31)16-5-7-18(8-6-16)37(32,33)28-11-14(2)35-15(3)12-28/h5-10,14-15H,4,11-13H2,1-3H3. The van der Waals surface area contributed by atoms with Crippen LogP contribution in [0, 0.1) is 0 Å². The van der Waals surface area contributed by atoms with Crippen molar-refractivity contribution in [3.8, 4) is 0 Å². The summed E-state index contributed by atoms with van der Waals surface area (Å²) in [4.78, 5) is 29.8. The molecule has 1 aliphatic heterocycles. The summed E-state index contributed by atoms with van der Waals surface area (Å²) in [6.45, 7) is 5.84. The second-order valence-corrected chi connectivity index (χ2v) is 12.3. The first-order valence-electron chi connectivity index (χ1n) is 11.5. The van der Waals surface area contributed by atoms with Crippen molar-refractivity contribution in [3.63, 3.8) is 0 Å². The van der Waals surface area contributed by atoms with E-state index < -0.39 is 21.9 Å².